The molecular weight excluding hydrogens is 332 g/mol. The Morgan fingerprint density at radius 1 is 1.22 bits per heavy atom. The molecule has 7 heteroatoms. The number of sulfone groups is 1. The molecule has 23 heavy (non-hydrogen) atoms. The molecule has 3 rings (SSSR count). The van der Waals surface area contributed by atoms with Gasteiger partial charge in [-0.05, 0) is 43.7 Å². The number of carbonyl (C=O) groups is 1. The van der Waals surface area contributed by atoms with Crippen LogP contribution in [0.3, 0.4) is 0 Å². The molecule has 1 fully saturated rings. The fraction of sp³-hybridized carbons (Fsp3) is 0.312. The van der Waals surface area contributed by atoms with E-state index in [2.05, 4.69) is 10.6 Å². The lowest BCUT2D eigenvalue weighted by molar-refractivity contribution is 0.0954. The first-order valence-corrected chi connectivity index (χ1v) is 9.79. The zero-order chi connectivity index (χ0) is 16.3. The number of hydrogen-bond acceptors (Lipinski definition) is 5. The molecule has 1 aromatic heterocycles. The maximum Gasteiger partial charge on any atom is 0.261 e. The molecule has 0 radical (unpaired) electrons. The van der Waals surface area contributed by atoms with Gasteiger partial charge in [-0.1, -0.05) is 18.2 Å². The molecule has 1 amide bonds. The van der Waals surface area contributed by atoms with Crippen LogP contribution in [0.4, 0.5) is 0 Å². The van der Waals surface area contributed by atoms with Crippen molar-refractivity contribution in [2.75, 3.05) is 13.1 Å². The third kappa shape index (κ3) is 3.63. The molecule has 1 atom stereocenters. The van der Waals surface area contributed by atoms with Crippen molar-refractivity contribution < 1.29 is 13.2 Å². The molecule has 1 aromatic carbocycles. The van der Waals surface area contributed by atoms with Crippen molar-refractivity contribution in [3.05, 3.63) is 47.3 Å². The summed E-state index contributed by atoms with van der Waals surface area (Å²) in [6.07, 6.45) is 2.18. The van der Waals surface area contributed by atoms with Crippen molar-refractivity contribution in [1.29, 1.82) is 0 Å². The summed E-state index contributed by atoms with van der Waals surface area (Å²) in [5.74, 6) is -0.224. The van der Waals surface area contributed by atoms with Crippen molar-refractivity contribution >= 4 is 27.1 Å². The van der Waals surface area contributed by atoms with Gasteiger partial charge >= 0.3 is 0 Å². The molecule has 1 saturated heterocycles. The van der Waals surface area contributed by atoms with Gasteiger partial charge < -0.3 is 10.6 Å². The zero-order valence-electron chi connectivity index (χ0n) is 12.5. The van der Waals surface area contributed by atoms with Crippen LogP contribution < -0.4 is 10.6 Å². The van der Waals surface area contributed by atoms with Gasteiger partial charge in [0, 0.05) is 12.6 Å². The normalized spacial score (nSPS) is 18.0. The van der Waals surface area contributed by atoms with Crippen molar-refractivity contribution in [2.45, 2.75) is 28.0 Å². The molecule has 0 aliphatic carbocycles. The van der Waals surface area contributed by atoms with E-state index >= 15 is 0 Å². The quantitative estimate of drug-likeness (QED) is 0.866. The number of rotatable bonds is 5. The van der Waals surface area contributed by atoms with Crippen LogP contribution in [0.1, 0.15) is 22.5 Å². The number of thiophene rings is 1. The molecule has 1 unspecified atom stereocenters. The van der Waals surface area contributed by atoms with E-state index in [0.717, 1.165) is 30.7 Å². The van der Waals surface area contributed by atoms with E-state index in [0.29, 0.717) is 17.5 Å². The fourth-order valence-corrected chi connectivity index (χ4v) is 5.18. The molecule has 0 bridgehead atoms. The number of amides is 1. The highest BCUT2D eigenvalue weighted by atomic mass is 32.2. The minimum absolute atomic E-state index is 0.188. The summed E-state index contributed by atoms with van der Waals surface area (Å²) in [5, 5.41) is 6.17. The predicted molar refractivity (Wildman–Crippen MR) is 89.6 cm³/mol. The minimum atomic E-state index is -3.56. The zero-order valence-corrected chi connectivity index (χ0v) is 14.1. The predicted octanol–water partition coefficient (Wildman–Crippen LogP) is 2.06. The molecule has 5 nitrogen and oxygen atoms in total. The van der Waals surface area contributed by atoms with Crippen LogP contribution in [-0.2, 0) is 9.84 Å². The molecule has 2 heterocycles. The van der Waals surface area contributed by atoms with Crippen LogP contribution in [-0.4, -0.2) is 33.5 Å². The molecule has 1 aliphatic heterocycles. The van der Waals surface area contributed by atoms with Gasteiger partial charge in [-0.2, -0.15) is 0 Å². The Hall–Kier alpha value is -1.70. The highest BCUT2D eigenvalue weighted by Gasteiger charge is 2.22. The smallest absolute Gasteiger partial charge is 0.261 e. The topological polar surface area (TPSA) is 75.3 Å². The van der Waals surface area contributed by atoms with Gasteiger partial charge in [-0.25, -0.2) is 8.42 Å². The molecule has 1 aliphatic rings. The third-order valence-electron chi connectivity index (χ3n) is 3.79. The first-order chi connectivity index (χ1) is 11.1. The van der Waals surface area contributed by atoms with Gasteiger partial charge in [0.2, 0.25) is 9.84 Å². The lowest BCUT2D eigenvalue weighted by Crippen LogP contribution is -2.36. The van der Waals surface area contributed by atoms with Gasteiger partial charge in [0.05, 0.1) is 9.77 Å². The number of carbonyl (C=O) groups excluding carboxylic acids is 1. The summed E-state index contributed by atoms with van der Waals surface area (Å²) < 4.78 is 25.2. The van der Waals surface area contributed by atoms with Crippen LogP contribution >= 0.6 is 11.3 Å². The van der Waals surface area contributed by atoms with Crippen LogP contribution in [0.2, 0.25) is 0 Å². The maximum absolute atomic E-state index is 12.5. The van der Waals surface area contributed by atoms with E-state index in [1.807, 2.05) is 0 Å². The summed E-state index contributed by atoms with van der Waals surface area (Å²) in [7, 11) is -3.56. The average molecular weight is 350 g/mol. The minimum Gasteiger partial charge on any atom is -0.350 e. The molecule has 2 aromatic rings. The highest BCUT2D eigenvalue weighted by molar-refractivity contribution is 7.93. The Bertz CT molecular complexity index is 779. The molecule has 2 N–H and O–H groups in total. The summed E-state index contributed by atoms with van der Waals surface area (Å²) in [6.45, 7) is 1.55. The monoisotopic (exact) mass is 350 g/mol. The fourth-order valence-electron chi connectivity index (χ4n) is 2.54. The van der Waals surface area contributed by atoms with E-state index in [4.69, 9.17) is 0 Å². The lowest BCUT2D eigenvalue weighted by Gasteiger charge is -2.10. The second-order valence-corrected chi connectivity index (χ2v) is 8.70. The van der Waals surface area contributed by atoms with Crippen LogP contribution in [0, 0.1) is 0 Å². The SMILES string of the molecule is O=C(NCC1CCCN1)c1ccc(S(=O)(=O)c2ccccc2)s1. The van der Waals surface area contributed by atoms with Crippen LogP contribution in [0.15, 0.2) is 51.6 Å². The molecule has 0 saturated carbocycles. The molecule has 122 valence electrons. The Balaban J connectivity index is 1.71. The van der Waals surface area contributed by atoms with E-state index in [-0.39, 0.29) is 15.0 Å². The van der Waals surface area contributed by atoms with E-state index in [1.54, 1.807) is 36.4 Å². The van der Waals surface area contributed by atoms with E-state index < -0.39 is 9.84 Å². The van der Waals surface area contributed by atoms with Gasteiger partial charge in [0.25, 0.3) is 5.91 Å². The van der Waals surface area contributed by atoms with E-state index in [9.17, 15) is 13.2 Å². The van der Waals surface area contributed by atoms with Crippen molar-refractivity contribution in [1.82, 2.24) is 10.6 Å². The summed E-state index contributed by atoms with van der Waals surface area (Å²) in [5.41, 5.74) is 0. The molecular formula is C16H18N2O3S2. The number of hydrogen-bond donors (Lipinski definition) is 2. The van der Waals surface area contributed by atoms with Gasteiger partial charge in [-0.15, -0.1) is 11.3 Å². The third-order valence-corrected chi connectivity index (χ3v) is 7.14. The highest BCUT2D eigenvalue weighted by Crippen LogP contribution is 2.27. The summed E-state index contributed by atoms with van der Waals surface area (Å²) in [6, 6.07) is 11.6. The first-order valence-electron chi connectivity index (χ1n) is 7.49. The lowest BCUT2D eigenvalue weighted by atomic mass is 10.2. The van der Waals surface area contributed by atoms with Crippen molar-refractivity contribution in [3.8, 4) is 0 Å². The van der Waals surface area contributed by atoms with Crippen molar-refractivity contribution in [2.24, 2.45) is 0 Å². The van der Waals surface area contributed by atoms with Crippen LogP contribution in [0.5, 0.6) is 0 Å². The van der Waals surface area contributed by atoms with Crippen molar-refractivity contribution in [3.63, 3.8) is 0 Å². The maximum atomic E-state index is 12.5. The van der Waals surface area contributed by atoms with Gasteiger partial charge in [-0.3, -0.25) is 4.79 Å². The Morgan fingerprint density at radius 3 is 2.70 bits per heavy atom. The summed E-state index contributed by atoms with van der Waals surface area (Å²) >= 11 is 1.00. The first kappa shape index (κ1) is 16.2. The largest absolute Gasteiger partial charge is 0.350 e. The van der Waals surface area contributed by atoms with Gasteiger partial charge in [0.1, 0.15) is 4.21 Å². The Morgan fingerprint density at radius 2 is 2.00 bits per heavy atom. The number of benzene rings is 1. The Labute approximate surface area is 139 Å². The summed E-state index contributed by atoms with van der Waals surface area (Å²) in [4.78, 5) is 12.8. The van der Waals surface area contributed by atoms with Gasteiger partial charge in [0.15, 0.2) is 0 Å². The number of nitrogens with one attached hydrogen (secondary N) is 2. The standard InChI is InChI=1S/C16H18N2O3S2/c19-16(18-11-12-5-4-10-17-12)14-8-9-15(22-14)23(20,21)13-6-2-1-3-7-13/h1-3,6-9,12,17H,4-5,10-11H2,(H,18,19). The second-order valence-electron chi connectivity index (χ2n) is 5.44. The van der Waals surface area contributed by atoms with Crippen LogP contribution in [0.25, 0.3) is 0 Å². The van der Waals surface area contributed by atoms with E-state index in [1.165, 1.54) is 6.07 Å². The average Bonchev–Trinajstić information content (AvgIpc) is 3.25. The molecule has 0 spiro atoms. The second kappa shape index (κ2) is 6.82. The Kier molecular flexibility index (Phi) is 4.79.